The maximum Gasteiger partial charge on any atom is 2.00 e. The van der Waals surface area contributed by atoms with Crippen LogP contribution in [-0.4, -0.2) is 76.1 Å². The number of carboxylic acids is 1. The third kappa shape index (κ3) is 6.74. The number of ether oxygens (including phenoxy) is 2. The van der Waals surface area contributed by atoms with Gasteiger partial charge in [0.1, 0.15) is 12.4 Å². The molecule has 35 heavy (non-hydrogen) atoms. The molecule has 1 atom stereocenters. The quantitative estimate of drug-likeness (QED) is 0.435. The van der Waals surface area contributed by atoms with Crippen LogP contribution in [0.25, 0.3) is 10.9 Å². The zero-order chi connectivity index (χ0) is 23.9. The molecule has 0 saturated carbocycles. The Morgan fingerprint density at radius 1 is 1.11 bits per heavy atom. The number of piperidine rings is 1. The van der Waals surface area contributed by atoms with Crippen LogP contribution in [0.15, 0.2) is 53.3 Å². The number of aromatic nitrogens is 2. The van der Waals surface area contributed by atoms with E-state index in [0.29, 0.717) is 48.8 Å². The molecule has 2 heterocycles. The predicted molar refractivity (Wildman–Crippen MR) is 139 cm³/mol. The van der Waals surface area contributed by atoms with Gasteiger partial charge in [0, 0.05) is 26.1 Å². The average molecular weight is 492 g/mol. The second-order valence-corrected chi connectivity index (χ2v) is 8.41. The van der Waals surface area contributed by atoms with Crippen molar-refractivity contribution in [3.63, 3.8) is 0 Å². The molecule has 1 unspecified atom stereocenters. The summed E-state index contributed by atoms with van der Waals surface area (Å²) in [6, 6.07) is 14.8. The van der Waals surface area contributed by atoms with E-state index in [1.54, 1.807) is 11.5 Å². The van der Waals surface area contributed by atoms with Crippen molar-refractivity contribution < 1.29 is 22.2 Å². The molecule has 1 fully saturated rings. The van der Waals surface area contributed by atoms with Gasteiger partial charge in [-0.1, -0.05) is 24.3 Å². The molecule has 0 spiro atoms. The van der Waals surface area contributed by atoms with Crippen LogP contribution >= 0.6 is 0 Å². The van der Waals surface area contributed by atoms with Gasteiger partial charge in [0.15, 0.2) is 6.10 Å². The van der Waals surface area contributed by atoms with Gasteiger partial charge in [-0.05, 0) is 56.0 Å². The molecular weight excluding hydrogens is 459 g/mol. The number of hydrogen-bond acceptors (Lipinski definition) is 6. The molecule has 8 nitrogen and oxygen atoms in total. The summed E-state index contributed by atoms with van der Waals surface area (Å²) in [6.45, 7) is 4.62. The van der Waals surface area contributed by atoms with Crippen LogP contribution in [0.2, 0.25) is 0 Å². The van der Waals surface area contributed by atoms with Crippen LogP contribution in [0, 0.1) is 0 Å². The van der Waals surface area contributed by atoms with Crippen molar-refractivity contribution >= 4 is 45.9 Å². The Morgan fingerprint density at radius 2 is 1.83 bits per heavy atom. The number of rotatable bonds is 10. The molecule has 0 bridgehead atoms. The maximum atomic E-state index is 13.3. The molecule has 1 aliphatic heterocycles. The van der Waals surface area contributed by atoms with Crippen molar-refractivity contribution in [2.24, 2.45) is 0 Å². The fourth-order valence-corrected chi connectivity index (χ4v) is 4.30. The molecule has 4 rings (SSSR count). The number of carbonyl (C=O) groups is 1. The fraction of sp³-hybridized carbons (Fsp3) is 0.423. The molecule has 1 saturated heterocycles. The third-order valence-electron chi connectivity index (χ3n) is 6.05. The summed E-state index contributed by atoms with van der Waals surface area (Å²) in [5, 5.41) is 9.87. The number of carboxylic acid groups (broad SMARTS) is 1. The summed E-state index contributed by atoms with van der Waals surface area (Å²) in [4.78, 5) is 31.6. The summed E-state index contributed by atoms with van der Waals surface area (Å²) in [5.41, 5.74) is 1.52. The zero-order valence-electron chi connectivity index (χ0n) is 22.2. The first-order valence-corrected chi connectivity index (χ1v) is 11.9. The van der Waals surface area contributed by atoms with Gasteiger partial charge in [0.25, 0.3) is 5.56 Å². The number of anilines is 1. The smallest absolute Gasteiger partial charge is 1.00 e. The van der Waals surface area contributed by atoms with E-state index in [0.717, 1.165) is 31.5 Å². The van der Waals surface area contributed by atoms with Crippen molar-refractivity contribution in [2.45, 2.75) is 45.3 Å². The Morgan fingerprint density at radius 3 is 2.51 bits per heavy atom. The first-order chi connectivity index (χ1) is 16.6. The van der Waals surface area contributed by atoms with Gasteiger partial charge in [-0.25, -0.2) is 9.78 Å². The Hall–Kier alpha value is -2.62. The Balaban J connectivity index is 0.00000228. The van der Waals surface area contributed by atoms with Crippen LogP contribution in [0.5, 0.6) is 5.75 Å². The molecular formula is C26H33MgN3O5. The van der Waals surface area contributed by atoms with E-state index >= 15 is 0 Å². The average Bonchev–Trinajstić information content (AvgIpc) is 2.86. The van der Waals surface area contributed by atoms with Crippen LogP contribution in [0.1, 0.15) is 34.6 Å². The molecule has 9 heteroatoms. The summed E-state index contributed by atoms with van der Waals surface area (Å²) in [7, 11) is 0. The van der Waals surface area contributed by atoms with E-state index in [4.69, 9.17) is 14.5 Å². The number of para-hydroxylation sites is 1. The van der Waals surface area contributed by atoms with Crippen molar-refractivity contribution in [1.82, 2.24) is 9.55 Å². The zero-order valence-corrected chi connectivity index (χ0v) is 21.6. The fourth-order valence-electron chi connectivity index (χ4n) is 4.30. The number of hydrogen-bond donors (Lipinski definition) is 1. The SMILES string of the molecule is CCOC(Cc1ccc(OCCn2c(N3CCCCC3)nc3ccccc3c2=O)cc1)C(=O)O.[H-].[H-].[Mg+2]. The number of aliphatic carboxylic acids is 1. The van der Waals surface area contributed by atoms with Crippen LogP contribution in [0.3, 0.4) is 0 Å². The van der Waals surface area contributed by atoms with Crippen molar-refractivity contribution in [1.29, 1.82) is 0 Å². The number of nitrogens with zero attached hydrogens (tertiary/aromatic N) is 3. The van der Waals surface area contributed by atoms with E-state index in [9.17, 15) is 14.7 Å². The topological polar surface area (TPSA) is 93.9 Å². The van der Waals surface area contributed by atoms with Gasteiger partial charge in [-0.3, -0.25) is 9.36 Å². The molecule has 1 N–H and O–H groups in total. The molecule has 0 radical (unpaired) electrons. The normalized spacial score (nSPS) is 14.4. The van der Waals surface area contributed by atoms with Gasteiger partial charge < -0.3 is 22.3 Å². The van der Waals surface area contributed by atoms with Crippen molar-refractivity contribution in [3.05, 3.63) is 64.4 Å². The minimum Gasteiger partial charge on any atom is -1.00 e. The Kier molecular flexibility index (Phi) is 9.94. The second-order valence-electron chi connectivity index (χ2n) is 8.41. The molecule has 184 valence electrons. The van der Waals surface area contributed by atoms with E-state index in [2.05, 4.69) is 4.90 Å². The number of fused-ring (bicyclic) bond motifs is 1. The largest absolute Gasteiger partial charge is 2.00 e. The van der Waals surface area contributed by atoms with Gasteiger partial charge >= 0.3 is 29.0 Å². The predicted octanol–water partition coefficient (Wildman–Crippen LogP) is 3.34. The van der Waals surface area contributed by atoms with E-state index in [-0.39, 0.29) is 31.5 Å². The van der Waals surface area contributed by atoms with Crippen LogP contribution in [-0.2, 0) is 22.5 Å². The number of benzene rings is 2. The van der Waals surface area contributed by atoms with E-state index < -0.39 is 12.1 Å². The molecule has 0 aliphatic carbocycles. The van der Waals surface area contributed by atoms with Gasteiger partial charge in [0.2, 0.25) is 5.95 Å². The first kappa shape index (κ1) is 27.0. The Labute approximate surface area is 224 Å². The van der Waals surface area contributed by atoms with Crippen molar-refractivity contribution in [3.8, 4) is 5.75 Å². The van der Waals surface area contributed by atoms with Crippen LogP contribution < -0.4 is 15.2 Å². The summed E-state index contributed by atoms with van der Waals surface area (Å²) >= 11 is 0. The standard InChI is InChI=1S/C26H31N3O5.Mg.2H/c1-2-33-23(25(31)32)18-19-10-12-20(13-11-19)34-17-16-29-24(30)21-8-4-5-9-22(21)27-26(29)28-14-6-3-7-15-28;;;/h4-5,8-13,23H,2-3,6-7,14-18H2,1H3,(H,31,32);;;/q;+2;2*-1. The molecule has 1 aromatic heterocycles. The third-order valence-corrected chi connectivity index (χ3v) is 6.05. The second kappa shape index (κ2) is 12.9. The molecule has 2 aromatic carbocycles. The maximum absolute atomic E-state index is 13.3. The Bertz CT molecular complexity index is 1190. The monoisotopic (exact) mass is 491 g/mol. The minimum atomic E-state index is -0.971. The van der Waals surface area contributed by atoms with Crippen molar-refractivity contribution in [2.75, 3.05) is 31.2 Å². The first-order valence-electron chi connectivity index (χ1n) is 11.9. The summed E-state index contributed by atoms with van der Waals surface area (Å²) in [6.07, 6.45) is 2.82. The van der Waals surface area contributed by atoms with E-state index in [1.807, 2.05) is 48.5 Å². The molecule has 0 amide bonds. The summed E-state index contributed by atoms with van der Waals surface area (Å²) < 4.78 is 12.9. The van der Waals surface area contributed by atoms with Gasteiger partial charge in [0.05, 0.1) is 17.4 Å². The minimum absolute atomic E-state index is 0. The van der Waals surface area contributed by atoms with Gasteiger partial charge in [-0.15, -0.1) is 0 Å². The molecule has 3 aromatic rings. The summed E-state index contributed by atoms with van der Waals surface area (Å²) in [5.74, 6) is 0.396. The van der Waals surface area contributed by atoms with Gasteiger partial charge in [-0.2, -0.15) is 0 Å². The van der Waals surface area contributed by atoms with E-state index in [1.165, 1.54) is 6.42 Å². The molecule has 1 aliphatic rings. The van der Waals surface area contributed by atoms with Crippen LogP contribution in [0.4, 0.5) is 5.95 Å².